The summed E-state index contributed by atoms with van der Waals surface area (Å²) in [7, 11) is 0. The zero-order valence-electron chi connectivity index (χ0n) is 34.5. The summed E-state index contributed by atoms with van der Waals surface area (Å²) in [6, 6.07) is 0. The van der Waals surface area contributed by atoms with Crippen molar-refractivity contribution >= 4 is 34.4 Å². The number of piperazine rings is 1. The molecule has 0 radical (unpaired) electrons. The van der Waals surface area contributed by atoms with Gasteiger partial charge in [0.25, 0.3) is 11.7 Å². The lowest BCUT2D eigenvalue weighted by molar-refractivity contribution is -0.112. The summed E-state index contributed by atoms with van der Waals surface area (Å²) >= 11 is 0. The number of ether oxygens (including phenoxy) is 2. The molecule has 1 amide bonds. The van der Waals surface area contributed by atoms with E-state index < -0.39 is 70.8 Å². The maximum Gasteiger partial charge on any atom is 0.312 e. The first kappa shape index (κ1) is 43.5. The average molecular weight is 793 g/mol. The molecule has 0 spiro atoms. The standard InChI is InChI=1S/C43H60N4O10/c1-10-15-46-16-18-47(19-17-46)44-21-29-33-39(53)31-30(38(29)52)32-40(28(8)37(31)51)57-43(9,41(32)54)56-20-14-22(2)25(5)35(49)27(7)36(50)26(6)34(48)23(3)12-11-13-24(4)42(55)45-33/h11-14,20-23,25-27,34-36,48-53H,10,15-19H2,1-9H3,(H,45,55)/b12-11+,20-14+,24-13-,44-21-/t22-,23-,25+,26+,27-,34-,35+,36+,43-/m0/s1. The minimum atomic E-state index is -1.96. The minimum Gasteiger partial charge on any atom is -0.507 e. The number of carbonyl (C=O) groups excluding carboxylic acids is 2. The predicted molar refractivity (Wildman–Crippen MR) is 219 cm³/mol. The topological polar surface area (TPSA) is 205 Å². The molecule has 312 valence electrons. The fourth-order valence-corrected chi connectivity index (χ4v) is 7.88. The number of phenols is 3. The smallest absolute Gasteiger partial charge is 0.312 e. The summed E-state index contributed by atoms with van der Waals surface area (Å²) in [4.78, 5) is 30.4. The van der Waals surface area contributed by atoms with Gasteiger partial charge in [-0.3, -0.25) is 19.5 Å². The van der Waals surface area contributed by atoms with Crippen LogP contribution in [0, 0.1) is 36.5 Å². The molecule has 57 heavy (non-hydrogen) atoms. The van der Waals surface area contributed by atoms with Gasteiger partial charge >= 0.3 is 5.79 Å². The van der Waals surface area contributed by atoms with Crippen LogP contribution in [0.2, 0.25) is 0 Å². The van der Waals surface area contributed by atoms with Crippen LogP contribution < -0.4 is 10.1 Å². The van der Waals surface area contributed by atoms with Crippen molar-refractivity contribution < 1.29 is 49.7 Å². The second kappa shape index (κ2) is 17.5. The summed E-state index contributed by atoms with van der Waals surface area (Å²) < 4.78 is 12.1. The number of hydrazone groups is 1. The first-order chi connectivity index (χ1) is 26.8. The van der Waals surface area contributed by atoms with E-state index in [9.17, 15) is 40.2 Å². The fourth-order valence-electron chi connectivity index (χ4n) is 7.88. The van der Waals surface area contributed by atoms with E-state index in [0.29, 0.717) is 13.1 Å². The van der Waals surface area contributed by atoms with Crippen molar-refractivity contribution in [2.75, 3.05) is 38.0 Å². The summed E-state index contributed by atoms with van der Waals surface area (Å²) in [6.45, 7) is 19.2. The Kier molecular flexibility index (Phi) is 13.3. The van der Waals surface area contributed by atoms with E-state index in [0.717, 1.165) is 26.1 Å². The lowest BCUT2D eigenvalue weighted by Crippen LogP contribution is -2.44. The van der Waals surface area contributed by atoms with Gasteiger partial charge in [0.05, 0.1) is 53.0 Å². The molecule has 4 heterocycles. The number of carbonyl (C=O) groups is 2. The van der Waals surface area contributed by atoms with Gasteiger partial charge in [-0.05, 0) is 44.7 Å². The molecule has 6 rings (SSSR count). The number of aliphatic hydroxyl groups is 3. The van der Waals surface area contributed by atoms with Gasteiger partial charge in [0.15, 0.2) is 5.75 Å². The van der Waals surface area contributed by atoms with Gasteiger partial charge in [-0.1, -0.05) is 59.8 Å². The molecule has 4 aliphatic rings. The van der Waals surface area contributed by atoms with Crippen molar-refractivity contribution in [2.24, 2.45) is 34.7 Å². The Bertz CT molecular complexity index is 1970. The zero-order valence-corrected chi connectivity index (χ0v) is 34.5. The Morgan fingerprint density at radius 3 is 2.14 bits per heavy atom. The Morgan fingerprint density at radius 1 is 0.860 bits per heavy atom. The van der Waals surface area contributed by atoms with Gasteiger partial charge in [0.2, 0.25) is 0 Å². The van der Waals surface area contributed by atoms with Gasteiger partial charge < -0.3 is 45.4 Å². The number of ketones is 1. The number of phenolic OH excluding ortho intramolecular Hbond substituents is 3. The molecule has 1 fully saturated rings. The monoisotopic (exact) mass is 792 g/mol. The highest BCUT2D eigenvalue weighted by molar-refractivity contribution is 6.23. The molecule has 0 aromatic heterocycles. The maximum atomic E-state index is 14.3. The Morgan fingerprint density at radius 2 is 1.49 bits per heavy atom. The van der Waals surface area contributed by atoms with Crippen LogP contribution in [0.25, 0.3) is 10.8 Å². The van der Waals surface area contributed by atoms with Crippen LogP contribution >= 0.6 is 0 Å². The molecule has 5 bridgehead atoms. The molecule has 2 aromatic rings. The van der Waals surface area contributed by atoms with Crippen molar-refractivity contribution in [3.8, 4) is 23.0 Å². The third kappa shape index (κ3) is 8.50. The van der Waals surface area contributed by atoms with Crippen LogP contribution in [0.5, 0.6) is 23.0 Å². The van der Waals surface area contributed by atoms with Crippen molar-refractivity contribution in [2.45, 2.75) is 92.8 Å². The number of benzene rings is 2. The van der Waals surface area contributed by atoms with Crippen molar-refractivity contribution in [3.05, 3.63) is 52.8 Å². The van der Waals surface area contributed by atoms with E-state index in [-0.39, 0.29) is 56.3 Å². The van der Waals surface area contributed by atoms with Crippen LogP contribution in [0.1, 0.15) is 83.3 Å². The van der Waals surface area contributed by atoms with E-state index in [4.69, 9.17) is 9.47 Å². The fraction of sp³-hybridized carbons (Fsp3) is 0.558. The number of nitrogens with zero attached hydrogens (tertiary/aromatic N) is 3. The molecular formula is C43H60N4O10. The number of allylic oxidation sites excluding steroid dienone is 3. The molecule has 2 aromatic carbocycles. The minimum absolute atomic E-state index is 0.0522. The number of aliphatic hydroxyl groups excluding tert-OH is 3. The average Bonchev–Trinajstić information content (AvgIpc) is 3.45. The van der Waals surface area contributed by atoms with Gasteiger partial charge in [0.1, 0.15) is 17.2 Å². The van der Waals surface area contributed by atoms with Gasteiger partial charge in [-0.15, -0.1) is 0 Å². The highest BCUT2D eigenvalue weighted by Crippen LogP contribution is 2.55. The summed E-state index contributed by atoms with van der Waals surface area (Å²) in [5.41, 5.74) is -0.183. The SMILES string of the molecule is CCCN1CCN(/N=C\c2c3c(O)c4c(O)c(C)c5c(c4c2O)C(=O)[C@@](C)(O/C=C/[C@H](C)[C@@H](C)[C@@H](O)[C@H](C)[C@H](O)[C@H](C)[C@@H](O)[C@@H](C)/C=C/C=C(/C)C(=O)N3)O5)CC1. The molecule has 1 saturated heterocycles. The quantitative estimate of drug-likeness (QED) is 0.122. The van der Waals surface area contributed by atoms with Gasteiger partial charge in [-0.2, -0.15) is 5.10 Å². The molecule has 0 aliphatic carbocycles. The number of rotatable bonds is 4. The number of amides is 1. The van der Waals surface area contributed by atoms with Gasteiger partial charge in [0, 0.05) is 67.4 Å². The Labute approximate surface area is 334 Å². The first-order valence-corrected chi connectivity index (χ1v) is 19.9. The largest absolute Gasteiger partial charge is 0.507 e. The predicted octanol–water partition coefficient (Wildman–Crippen LogP) is 5.17. The first-order valence-electron chi connectivity index (χ1n) is 19.9. The number of anilines is 1. The van der Waals surface area contributed by atoms with E-state index in [1.807, 2.05) is 18.9 Å². The van der Waals surface area contributed by atoms with Crippen LogP contribution in [0.3, 0.4) is 0 Å². The maximum absolute atomic E-state index is 14.3. The lowest BCUT2D eigenvalue weighted by atomic mass is 9.77. The van der Waals surface area contributed by atoms with Crippen molar-refractivity contribution in [1.29, 1.82) is 0 Å². The molecular weight excluding hydrogens is 732 g/mol. The number of hydrogen-bond acceptors (Lipinski definition) is 13. The van der Waals surface area contributed by atoms with Crippen LogP contribution in [-0.2, 0) is 9.53 Å². The number of Topliss-reactive ketones (excluding diaryl/α,β-unsaturated/α-hetero) is 1. The molecule has 0 unspecified atom stereocenters. The van der Waals surface area contributed by atoms with E-state index in [1.54, 1.807) is 45.9 Å². The van der Waals surface area contributed by atoms with E-state index >= 15 is 0 Å². The lowest BCUT2D eigenvalue weighted by Gasteiger charge is -2.35. The van der Waals surface area contributed by atoms with Crippen molar-refractivity contribution in [3.63, 3.8) is 0 Å². The number of nitrogens with one attached hydrogen (secondary N) is 1. The summed E-state index contributed by atoms with van der Waals surface area (Å²) in [5, 5.41) is 77.9. The third-order valence-corrected chi connectivity index (χ3v) is 12.2. The molecule has 4 aliphatic heterocycles. The molecule has 0 saturated carbocycles. The summed E-state index contributed by atoms with van der Waals surface area (Å²) in [5.74, 6) is -7.34. The van der Waals surface area contributed by atoms with E-state index in [2.05, 4.69) is 22.2 Å². The Balaban J connectivity index is 1.67. The van der Waals surface area contributed by atoms with Crippen LogP contribution in [0.15, 0.2) is 41.2 Å². The second-order valence-corrected chi connectivity index (χ2v) is 16.2. The van der Waals surface area contributed by atoms with Crippen molar-refractivity contribution in [1.82, 2.24) is 9.91 Å². The van der Waals surface area contributed by atoms with Crippen LogP contribution in [-0.4, -0.2) is 115 Å². The number of hydrogen-bond donors (Lipinski definition) is 7. The summed E-state index contributed by atoms with van der Waals surface area (Å²) in [6.07, 6.45) is 7.12. The molecule has 14 nitrogen and oxygen atoms in total. The second-order valence-electron chi connectivity index (χ2n) is 16.2. The highest BCUT2D eigenvalue weighted by atomic mass is 16.7. The third-order valence-electron chi connectivity index (χ3n) is 12.2. The van der Waals surface area contributed by atoms with E-state index in [1.165, 1.54) is 32.4 Å². The number of fused-ring (bicyclic) bond motifs is 14. The highest BCUT2D eigenvalue weighted by Gasteiger charge is 2.49. The molecule has 9 atom stereocenters. The van der Waals surface area contributed by atoms with Crippen LogP contribution in [0.4, 0.5) is 5.69 Å². The zero-order chi connectivity index (χ0) is 42.1. The normalized spacial score (nSPS) is 32.9. The Hall–Kier alpha value is -4.63. The molecule has 7 N–H and O–H groups in total. The molecule has 14 heteroatoms. The van der Waals surface area contributed by atoms with Gasteiger partial charge in [-0.25, -0.2) is 0 Å². The number of aromatic hydroxyl groups is 3.